The second kappa shape index (κ2) is 17.2. The lowest BCUT2D eigenvalue weighted by Gasteiger charge is -2.32. The average Bonchev–Trinajstić information content (AvgIpc) is 3.49. The first-order chi connectivity index (χ1) is 23.4. The zero-order valence-corrected chi connectivity index (χ0v) is 28.5. The van der Waals surface area contributed by atoms with E-state index >= 15 is 0 Å². The number of aliphatic hydroxyl groups excluding tert-OH is 1. The van der Waals surface area contributed by atoms with E-state index in [2.05, 4.69) is 31.3 Å². The highest BCUT2D eigenvalue weighted by Gasteiger charge is 2.54. The SMILES string of the molecule is [N-]=[N+]=NCc1ccccc1[C@H]1OC(c2ccc(OCCCO)cc2)=N[C@@]1(Cc1ccccc1Br)C(=O)NCCSCc1ccc(F)cc1. The van der Waals surface area contributed by atoms with Gasteiger partial charge in [0.05, 0.1) is 13.2 Å². The van der Waals surface area contributed by atoms with Crippen LogP contribution in [-0.2, 0) is 28.2 Å². The number of azide groups is 1. The number of rotatable bonds is 16. The van der Waals surface area contributed by atoms with Crippen LogP contribution in [0.1, 0.15) is 40.3 Å². The molecule has 1 amide bonds. The molecular formula is C36H35BrFN5O4S. The van der Waals surface area contributed by atoms with Crippen LogP contribution in [-0.4, -0.2) is 48.0 Å². The van der Waals surface area contributed by atoms with E-state index in [1.807, 2.05) is 60.7 Å². The summed E-state index contributed by atoms with van der Waals surface area (Å²) >= 11 is 5.30. The predicted octanol–water partition coefficient (Wildman–Crippen LogP) is 7.71. The largest absolute Gasteiger partial charge is 0.494 e. The third-order valence-corrected chi connectivity index (χ3v) is 9.61. The Kier molecular flexibility index (Phi) is 12.5. The van der Waals surface area contributed by atoms with Gasteiger partial charge in [-0.1, -0.05) is 75.6 Å². The first-order valence-electron chi connectivity index (χ1n) is 15.5. The summed E-state index contributed by atoms with van der Waals surface area (Å²) in [6.45, 7) is 0.878. The molecule has 9 nitrogen and oxygen atoms in total. The smallest absolute Gasteiger partial charge is 0.252 e. The Bertz CT molecular complexity index is 1770. The summed E-state index contributed by atoms with van der Waals surface area (Å²) in [6, 6.07) is 28.8. The molecule has 0 saturated heterocycles. The van der Waals surface area contributed by atoms with Crippen LogP contribution in [0.3, 0.4) is 0 Å². The number of amides is 1. The monoisotopic (exact) mass is 731 g/mol. The third-order valence-electron chi connectivity index (χ3n) is 7.80. The minimum Gasteiger partial charge on any atom is -0.494 e. The molecule has 5 rings (SSSR count). The lowest BCUT2D eigenvalue weighted by Crippen LogP contribution is -2.50. The molecule has 2 atom stereocenters. The number of benzene rings is 4. The van der Waals surface area contributed by atoms with Gasteiger partial charge in [-0.25, -0.2) is 9.38 Å². The quantitative estimate of drug-likeness (QED) is 0.0528. The van der Waals surface area contributed by atoms with Crippen molar-refractivity contribution in [2.75, 3.05) is 25.5 Å². The van der Waals surface area contributed by atoms with Crippen molar-refractivity contribution in [2.45, 2.75) is 36.8 Å². The number of hydrogen-bond donors (Lipinski definition) is 2. The Labute approximate surface area is 291 Å². The van der Waals surface area contributed by atoms with Crippen molar-refractivity contribution in [3.63, 3.8) is 0 Å². The van der Waals surface area contributed by atoms with Crippen LogP contribution in [0.4, 0.5) is 4.39 Å². The van der Waals surface area contributed by atoms with Crippen LogP contribution in [0, 0.1) is 5.82 Å². The van der Waals surface area contributed by atoms with Crippen molar-refractivity contribution >= 4 is 39.5 Å². The minimum atomic E-state index is -1.43. The minimum absolute atomic E-state index is 0.0416. The Morgan fingerprint density at radius 2 is 1.79 bits per heavy atom. The fourth-order valence-electron chi connectivity index (χ4n) is 5.39. The maximum atomic E-state index is 14.6. The lowest BCUT2D eigenvalue weighted by atomic mass is 9.80. The van der Waals surface area contributed by atoms with E-state index in [1.54, 1.807) is 36.0 Å². The van der Waals surface area contributed by atoms with Gasteiger partial charge in [0.2, 0.25) is 5.90 Å². The number of hydrogen-bond acceptors (Lipinski definition) is 7. The van der Waals surface area contributed by atoms with Crippen LogP contribution in [0.5, 0.6) is 5.75 Å². The number of carbonyl (C=O) groups is 1. The van der Waals surface area contributed by atoms with E-state index in [4.69, 9.17) is 25.1 Å². The van der Waals surface area contributed by atoms with Crippen LogP contribution < -0.4 is 10.1 Å². The molecule has 1 aliphatic rings. The molecule has 0 aromatic heterocycles. The summed E-state index contributed by atoms with van der Waals surface area (Å²) in [7, 11) is 0. The number of aliphatic imine (C=N–C) groups is 1. The van der Waals surface area contributed by atoms with Crippen molar-refractivity contribution in [2.24, 2.45) is 10.1 Å². The summed E-state index contributed by atoms with van der Waals surface area (Å²) in [5.74, 6) is 1.66. The second-order valence-corrected chi connectivity index (χ2v) is 13.0. The van der Waals surface area contributed by atoms with Gasteiger partial charge in [0.15, 0.2) is 11.6 Å². The molecule has 0 saturated carbocycles. The van der Waals surface area contributed by atoms with Crippen molar-refractivity contribution in [3.05, 3.63) is 146 Å². The van der Waals surface area contributed by atoms with Crippen molar-refractivity contribution in [1.29, 1.82) is 0 Å². The van der Waals surface area contributed by atoms with Gasteiger partial charge in [-0.2, -0.15) is 11.8 Å². The van der Waals surface area contributed by atoms with Gasteiger partial charge in [0.25, 0.3) is 5.91 Å². The van der Waals surface area contributed by atoms with Gasteiger partial charge in [0.1, 0.15) is 11.6 Å². The third kappa shape index (κ3) is 8.76. The molecule has 12 heteroatoms. The molecule has 248 valence electrons. The summed E-state index contributed by atoms with van der Waals surface area (Å²) < 4.78 is 26.5. The highest BCUT2D eigenvalue weighted by Crippen LogP contribution is 2.44. The number of nitrogens with zero attached hydrogens (tertiary/aromatic N) is 4. The summed E-state index contributed by atoms with van der Waals surface area (Å²) in [6.07, 6.45) is -0.113. The Hall–Kier alpha value is -4.35. The van der Waals surface area contributed by atoms with Crippen LogP contribution in [0.2, 0.25) is 0 Å². The molecule has 4 aromatic carbocycles. The van der Waals surface area contributed by atoms with Gasteiger partial charge in [0, 0.05) is 52.4 Å². The molecule has 4 aromatic rings. The normalized spacial score (nSPS) is 16.8. The molecule has 0 radical (unpaired) electrons. The molecule has 0 bridgehead atoms. The first-order valence-corrected chi connectivity index (χ1v) is 17.4. The topological polar surface area (TPSA) is 129 Å². The van der Waals surface area contributed by atoms with E-state index in [0.29, 0.717) is 53.9 Å². The van der Waals surface area contributed by atoms with Crippen molar-refractivity contribution < 1.29 is 23.8 Å². The average molecular weight is 733 g/mol. The Morgan fingerprint density at radius 3 is 2.52 bits per heavy atom. The number of carbonyl (C=O) groups excluding carboxylic acids is 1. The molecule has 0 spiro atoms. The number of ether oxygens (including phenoxy) is 2. The zero-order chi connectivity index (χ0) is 33.8. The summed E-state index contributed by atoms with van der Waals surface area (Å²) in [4.78, 5) is 22.6. The van der Waals surface area contributed by atoms with E-state index in [9.17, 15) is 9.18 Å². The number of nitrogens with one attached hydrogen (secondary N) is 1. The van der Waals surface area contributed by atoms with Crippen molar-refractivity contribution in [1.82, 2.24) is 5.32 Å². The molecule has 0 unspecified atom stereocenters. The van der Waals surface area contributed by atoms with Crippen LogP contribution in [0.15, 0.2) is 112 Å². The van der Waals surface area contributed by atoms with Gasteiger partial charge in [-0.05, 0) is 70.2 Å². The van der Waals surface area contributed by atoms with E-state index in [0.717, 1.165) is 21.2 Å². The molecular weight excluding hydrogens is 697 g/mol. The summed E-state index contributed by atoms with van der Waals surface area (Å²) in [5.41, 5.74) is 11.6. The number of thioether (sulfide) groups is 1. The maximum Gasteiger partial charge on any atom is 0.252 e. The van der Waals surface area contributed by atoms with Crippen LogP contribution in [0.25, 0.3) is 10.4 Å². The predicted molar refractivity (Wildman–Crippen MR) is 189 cm³/mol. The van der Waals surface area contributed by atoms with Gasteiger partial charge in [-0.15, -0.1) is 0 Å². The van der Waals surface area contributed by atoms with E-state index < -0.39 is 11.6 Å². The molecule has 1 aliphatic heterocycles. The number of aliphatic hydroxyl groups is 1. The molecule has 2 N–H and O–H groups in total. The maximum absolute atomic E-state index is 14.6. The molecule has 48 heavy (non-hydrogen) atoms. The number of halogens is 2. The fourth-order valence-corrected chi connectivity index (χ4v) is 6.64. The molecule has 1 heterocycles. The van der Waals surface area contributed by atoms with E-state index in [-0.39, 0.29) is 31.3 Å². The van der Waals surface area contributed by atoms with Gasteiger partial charge >= 0.3 is 0 Å². The van der Waals surface area contributed by atoms with Gasteiger partial charge in [-0.3, -0.25) is 4.79 Å². The fraction of sp³-hybridized carbons (Fsp3) is 0.278. The van der Waals surface area contributed by atoms with E-state index in [1.165, 1.54) is 12.1 Å². The lowest BCUT2D eigenvalue weighted by molar-refractivity contribution is -0.128. The standard InChI is InChI=1S/C36H35BrFN5O4S/c37-32-9-4-2-6-27(32)22-36(35(45)40-18-21-48-24-25-10-14-29(38)15-11-25)33(31-8-3-1-7-28(31)23-41-43-39)47-34(42-36)26-12-16-30(17-13-26)46-20-5-19-44/h1-4,6-17,33,44H,5,18-24H2,(H,40,45)/t33-,36-/m1/s1. The molecule has 0 aliphatic carbocycles. The van der Waals surface area contributed by atoms with Gasteiger partial charge < -0.3 is 19.9 Å². The highest BCUT2D eigenvalue weighted by molar-refractivity contribution is 9.10. The Balaban J connectivity index is 1.49. The highest BCUT2D eigenvalue weighted by atomic mass is 79.9. The summed E-state index contributed by atoms with van der Waals surface area (Å²) in [5, 5.41) is 16.0. The molecule has 0 fully saturated rings. The zero-order valence-electron chi connectivity index (χ0n) is 26.1. The second-order valence-electron chi connectivity index (χ2n) is 11.1. The van der Waals surface area contributed by atoms with Crippen molar-refractivity contribution in [3.8, 4) is 5.75 Å². The first kappa shape index (κ1) is 35.0. The Morgan fingerprint density at radius 1 is 1.06 bits per heavy atom. The van der Waals surface area contributed by atoms with Crippen LogP contribution >= 0.6 is 27.7 Å².